The van der Waals surface area contributed by atoms with Crippen LogP contribution in [0.2, 0.25) is 0 Å². The van der Waals surface area contributed by atoms with Gasteiger partial charge in [0.15, 0.2) is 5.69 Å². The number of nitrogens with zero attached hydrogens (tertiary/aromatic N) is 6. The molecule has 348 valence electrons. The van der Waals surface area contributed by atoms with E-state index in [0.717, 1.165) is 116 Å². The van der Waals surface area contributed by atoms with E-state index in [0.29, 0.717) is 11.3 Å². The van der Waals surface area contributed by atoms with Crippen molar-refractivity contribution in [2.24, 2.45) is 0 Å². The van der Waals surface area contributed by atoms with Gasteiger partial charge in [0, 0.05) is 60.2 Å². The number of hydrogen-bond acceptors (Lipinski definition) is 1. The second-order valence-corrected chi connectivity index (χ2v) is 19.5. The Bertz CT molecular complexity index is 4970. The third-order valence-corrected chi connectivity index (χ3v) is 15.5. The Morgan fingerprint density at radius 3 is 1.28 bits per heavy atom. The summed E-state index contributed by atoms with van der Waals surface area (Å²) in [6.45, 7) is 10.9. The van der Waals surface area contributed by atoms with Gasteiger partial charge in [-0.3, -0.25) is 0 Å². The smallest absolute Gasteiger partial charge is 0.195 e. The lowest BCUT2D eigenvalue weighted by atomic mass is 9.93. The standard InChI is InChI=1S/C69H42N6/c1-43-35-44(42-70)29-32-49(43)45-30-34-65(75-64-28-16-12-24-53(64)59-39-57-51-22-10-14-26-62(51)73(67(57)41-69(59)75)47-19-7-4-8-20-47)55(36-45)54-37-48(31-33-60(54)71-2)74-63-27-15-11-23-52(63)58-38-56-50-21-9-13-25-61(50)72(66(56)40-68(58)74)46-17-5-3-6-18-46/h3-41H,1H3. The van der Waals surface area contributed by atoms with E-state index in [1.165, 1.54) is 21.5 Å². The van der Waals surface area contributed by atoms with Gasteiger partial charge in [-0.05, 0) is 144 Å². The molecular formula is C69H42N6. The Labute approximate surface area is 431 Å². The van der Waals surface area contributed by atoms with E-state index >= 15 is 0 Å². The number of nitriles is 1. The average Bonchev–Trinajstić information content (AvgIpc) is 4.18. The van der Waals surface area contributed by atoms with Crippen LogP contribution in [0.3, 0.4) is 0 Å². The minimum Gasteiger partial charge on any atom is -0.309 e. The lowest BCUT2D eigenvalue weighted by Crippen LogP contribution is -2.00. The molecule has 0 saturated heterocycles. The Morgan fingerprint density at radius 2 is 0.800 bits per heavy atom. The van der Waals surface area contributed by atoms with Crippen LogP contribution in [-0.2, 0) is 0 Å². The van der Waals surface area contributed by atoms with Gasteiger partial charge in [0.2, 0.25) is 0 Å². The number of aromatic nitrogens is 4. The van der Waals surface area contributed by atoms with Crippen LogP contribution in [0.15, 0.2) is 237 Å². The van der Waals surface area contributed by atoms with Gasteiger partial charge < -0.3 is 18.3 Å². The first-order valence-electron chi connectivity index (χ1n) is 25.3. The Hall–Kier alpha value is -10.4. The molecule has 0 radical (unpaired) electrons. The normalized spacial score (nSPS) is 11.8. The van der Waals surface area contributed by atoms with E-state index in [2.05, 4.69) is 248 Å². The van der Waals surface area contributed by atoms with Crippen LogP contribution in [0.1, 0.15) is 11.1 Å². The molecule has 0 unspecified atom stereocenters. The fourth-order valence-electron chi connectivity index (χ4n) is 12.3. The maximum atomic E-state index is 9.88. The highest BCUT2D eigenvalue weighted by Gasteiger charge is 2.24. The van der Waals surface area contributed by atoms with Crippen molar-refractivity contribution < 1.29 is 0 Å². The molecule has 0 atom stereocenters. The molecule has 0 aliphatic heterocycles. The first-order chi connectivity index (χ1) is 37.0. The predicted molar refractivity (Wildman–Crippen MR) is 310 cm³/mol. The van der Waals surface area contributed by atoms with E-state index in [1.54, 1.807) is 0 Å². The van der Waals surface area contributed by atoms with Crippen molar-refractivity contribution in [1.29, 1.82) is 5.26 Å². The summed E-state index contributed by atoms with van der Waals surface area (Å²) in [7, 11) is 0. The topological polar surface area (TPSA) is 47.9 Å². The minimum absolute atomic E-state index is 0.549. The zero-order valence-electron chi connectivity index (χ0n) is 40.7. The highest BCUT2D eigenvalue weighted by atomic mass is 15.0. The number of para-hydroxylation sites is 6. The summed E-state index contributed by atoms with van der Waals surface area (Å²) >= 11 is 0. The van der Waals surface area contributed by atoms with Crippen molar-refractivity contribution in [2.45, 2.75) is 6.92 Å². The molecule has 15 rings (SSSR count). The van der Waals surface area contributed by atoms with Crippen LogP contribution < -0.4 is 0 Å². The number of fused-ring (bicyclic) bond motifs is 12. The lowest BCUT2D eigenvalue weighted by Gasteiger charge is -2.19. The van der Waals surface area contributed by atoms with Gasteiger partial charge in [0.25, 0.3) is 0 Å². The van der Waals surface area contributed by atoms with Crippen molar-refractivity contribution in [3.8, 4) is 51.1 Å². The summed E-state index contributed by atoms with van der Waals surface area (Å²) in [5.74, 6) is 0. The van der Waals surface area contributed by atoms with Crippen molar-refractivity contribution in [2.75, 3.05) is 0 Å². The number of hydrogen-bond donors (Lipinski definition) is 0. The third-order valence-electron chi connectivity index (χ3n) is 15.5. The quantitative estimate of drug-likeness (QED) is 0.153. The van der Waals surface area contributed by atoms with Crippen molar-refractivity contribution >= 4 is 92.9 Å². The summed E-state index contributed by atoms with van der Waals surface area (Å²) in [4.78, 5) is 4.29. The molecule has 0 N–H and O–H groups in total. The molecular weight excluding hydrogens is 913 g/mol. The summed E-state index contributed by atoms with van der Waals surface area (Å²) in [6.07, 6.45) is 0. The molecule has 6 heteroatoms. The average molecular weight is 955 g/mol. The van der Waals surface area contributed by atoms with E-state index < -0.39 is 0 Å². The summed E-state index contributed by atoms with van der Waals surface area (Å²) in [5.41, 5.74) is 18.9. The van der Waals surface area contributed by atoms with Gasteiger partial charge in [-0.15, -0.1) is 0 Å². The third kappa shape index (κ3) is 6.24. The van der Waals surface area contributed by atoms with Crippen LogP contribution in [0, 0.1) is 24.8 Å². The van der Waals surface area contributed by atoms with Crippen molar-refractivity contribution in [1.82, 2.24) is 18.3 Å². The zero-order valence-corrected chi connectivity index (χ0v) is 40.7. The van der Waals surface area contributed by atoms with Gasteiger partial charge in [0.05, 0.1) is 68.0 Å². The Kier molecular flexibility index (Phi) is 9.20. The van der Waals surface area contributed by atoms with Gasteiger partial charge >= 0.3 is 0 Å². The molecule has 11 aromatic carbocycles. The largest absolute Gasteiger partial charge is 0.309 e. The molecule has 75 heavy (non-hydrogen) atoms. The van der Waals surface area contributed by atoms with Crippen LogP contribution in [0.25, 0.3) is 137 Å². The van der Waals surface area contributed by atoms with E-state index in [1.807, 2.05) is 24.3 Å². The SMILES string of the molecule is [C-]#[N+]c1ccc(-n2c3ccccc3c3cc4c5ccccc5n(-c5ccccc5)c4cc32)cc1-c1cc(-c2ccc(C#N)cc2C)ccc1-n1c2ccccc2c2cc3c4ccccc4n(-c4ccccc4)c3cc21. The predicted octanol–water partition coefficient (Wildman–Crippen LogP) is 18.1. The highest BCUT2D eigenvalue weighted by molar-refractivity contribution is 6.21. The van der Waals surface area contributed by atoms with E-state index in [-0.39, 0.29) is 0 Å². The Balaban J connectivity index is 1.03. The molecule has 0 saturated carbocycles. The molecule has 4 aromatic heterocycles. The molecule has 4 heterocycles. The van der Waals surface area contributed by atoms with Crippen molar-refractivity contribution in [3.63, 3.8) is 0 Å². The van der Waals surface area contributed by atoms with Crippen LogP contribution >= 0.6 is 0 Å². The minimum atomic E-state index is 0.549. The Morgan fingerprint density at radius 1 is 0.347 bits per heavy atom. The maximum absolute atomic E-state index is 9.88. The highest BCUT2D eigenvalue weighted by Crippen LogP contribution is 2.46. The summed E-state index contributed by atoms with van der Waals surface area (Å²) in [6, 6.07) is 86.6. The van der Waals surface area contributed by atoms with E-state index in [4.69, 9.17) is 6.57 Å². The van der Waals surface area contributed by atoms with Gasteiger partial charge in [0.1, 0.15) is 0 Å². The summed E-state index contributed by atoms with van der Waals surface area (Å²) in [5, 5.41) is 19.3. The van der Waals surface area contributed by atoms with Gasteiger partial charge in [-0.2, -0.15) is 5.26 Å². The molecule has 0 aliphatic rings. The molecule has 6 nitrogen and oxygen atoms in total. The summed E-state index contributed by atoms with van der Waals surface area (Å²) < 4.78 is 9.54. The van der Waals surface area contributed by atoms with Crippen molar-refractivity contribution in [3.05, 3.63) is 259 Å². The molecule has 0 aliphatic carbocycles. The van der Waals surface area contributed by atoms with E-state index in [9.17, 15) is 5.26 Å². The zero-order chi connectivity index (χ0) is 49.9. The first-order valence-corrected chi connectivity index (χ1v) is 25.3. The monoisotopic (exact) mass is 954 g/mol. The van der Waals surface area contributed by atoms with Gasteiger partial charge in [-0.1, -0.05) is 127 Å². The van der Waals surface area contributed by atoms with Crippen LogP contribution in [-0.4, -0.2) is 18.3 Å². The number of aryl methyl sites for hydroxylation is 1. The first kappa shape index (κ1) is 42.3. The molecule has 0 amide bonds. The molecule has 0 bridgehead atoms. The fraction of sp³-hybridized carbons (Fsp3) is 0.0145. The maximum Gasteiger partial charge on any atom is 0.195 e. The van der Waals surface area contributed by atoms with Crippen LogP contribution in [0.4, 0.5) is 5.69 Å². The number of benzene rings is 11. The van der Waals surface area contributed by atoms with Crippen LogP contribution in [0.5, 0.6) is 0 Å². The lowest BCUT2D eigenvalue weighted by molar-refractivity contribution is 1.16. The molecule has 0 spiro atoms. The second-order valence-electron chi connectivity index (χ2n) is 19.5. The fourth-order valence-corrected chi connectivity index (χ4v) is 12.3. The van der Waals surface area contributed by atoms with Gasteiger partial charge in [-0.25, -0.2) is 4.85 Å². The number of rotatable bonds is 6. The second kappa shape index (κ2) is 16.3. The molecule has 0 fully saturated rings. The molecule has 15 aromatic rings.